The lowest BCUT2D eigenvalue weighted by Gasteiger charge is -2.38. The first kappa shape index (κ1) is 22.6. The van der Waals surface area contributed by atoms with Crippen LogP contribution in [-0.4, -0.2) is 21.9 Å². The highest BCUT2D eigenvalue weighted by Crippen LogP contribution is 2.33. The van der Waals surface area contributed by atoms with E-state index in [0.29, 0.717) is 16.7 Å². The minimum absolute atomic E-state index is 0.0440. The molecule has 0 saturated carbocycles. The van der Waals surface area contributed by atoms with Crippen LogP contribution < -0.4 is 0 Å². The fourth-order valence-corrected chi connectivity index (χ4v) is 3.81. The first-order chi connectivity index (χ1) is 14.9. The van der Waals surface area contributed by atoms with Gasteiger partial charge in [-0.25, -0.2) is 8.78 Å². The molecule has 31 heavy (non-hydrogen) atoms. The Hall–Kier alpha value is -3.12. The van der Waals surface area contributed by atoms with Crippen molar-refractivity contribution < 1.29 is 13.7 Å². The lowest BCUT2D eigenvalue weighted by Crippen LogP contribution is -2.44. The third-order valence-electron chi connectivity index (χ3n) is 5.62. The molecule has 0 radical (unpaired) electrons. The Kier molecular flexibility index (Phi) is 7.47. The number of alkyl halides is 2. The lowest BCUT2D eigenvalue weighted by molar-refractivity contribution is -0.384. The van der Waals surface area contributed by atoms with Gasteiger partial charge in [0.05, 0.1) is 4.92 Å². The summed E-state index contributed by atoms with van der Waals surface area (Å²) in [6.07, 6.45) is -2.68. The highest BCUT2D eigenvalue weighted by atomic mass is 19.1. The van der Waals surface area contributed by atoms with Crippen molar-refractivity contribution in [2.75, 3.05) is 0 Å². The van der Waals surface area contributed by atoms with E-state index in [1.807, 2.05) is 12.1 Å². The van der Waals surface area contributed by atoms with Crippen LogP contribution in [0, 0.1) is 10.1 Å². The standard InChI is InChI=1S/C25H26F2N2O2/c1-18(24(26)21-11-5-3-6-12-21)28(17-20-10-9-15-23(16-20)29(30)31)19(2)25(27)22-13-7-4-8-14-22/h3-16,18-19,24-25H,17H2,1-2H3. The second-order valence-electron chi connectivity index (χ2n) is 7.71. The Balaban J connectivity index is 1.92. The maximum Gasteiger partial charge on any atom is 0.269 e. The monoisotopic (exact) mass is 424 g/mol. The molecule has 0 amide bonds. The summed E-state index contributed by atoms with van der Waals surface area (Å²) in [5.74, 6) is 0. The molecule has 4 unspecified atom stereocenters. The Bertz CT molecular complexity index is 934. The molecular formula is C25H26F2N2O2. The highest BCUT2D eigenvalue weighted by molar-refractivity contribution is 5.34. The number of benzene rings is 3. The fraction of sp³-hybridized carbons (Fsp3) is 0.280. The van der Waals surface area contributed by atoms with Crippen LogP contribution in [0.4, 0.5) is 14.5 Å². The van der Waals surface area contributed by atoms with E-state index >= 15 is 8.78 Å². The minimum Gasteiger partial charge on any atom is -0.287 e. The van der Waals surface area contributed by atoms with Gasteiger partial charge in [0.2, 0.25) is 0 Å². The first-order valence-electron chi connectivity index (χ1n) is 10.3. The topological polar surface area (TPSA) is 46.4 Å². The van der Waals surface area contributed by atoms with Gasteiger partial charge in [0.1, 0.15) is 12.3 Å². The van der Waals surface area contributed by atoms with Crippen LogP contribution in [-0.2, 0) is 6.54 Å². The van der Waals surface area contributed by atoms with Gasteiger partial charge >= 0.3 is 0 Å². The second kappa shape index (κ2) is 10.3. The van der Waals surface area contributed by atoms with Gasteiger partial charge in [-0.05, 0) is 30.5 Å². The molecule has 0 spiro atoms. The fourth-order valence-electron chi connectivity index (χ4n) is 3.81. The van der Waals surface area contributed by atoms with Crippen LogP contribution in [0.3, 0.4) is 0 Å². The summed E-state index contributed by atoms with van der Waals surface area (Å²) in [6, 6.07) is 22.4. The Morgan fingerprint density at radius 1 is 0.806 bits per heavy atom. The summed E-state index contributed by atoms with van der Waals surface area (Å²) in [5.41, 5.74) is 1.62. The third-order valence-corrected chi connectivity index (χ3v) is 5.62. The van der Waals surface area contributed by atoms with E-state index in [0.717, 1.165) is 0 Å². The molecule has 4 nitrogen and oxygen atoms in total. The molecule has 0 N–H and O–H groups in total. The van der Waals surface area contributed by atoms with E-state index in [2.05, 4.69) is 0 Å². The number of nitrogens with zero attached hydrogens (tertiary/aromatic N) is 2. The molecule has 162 valence electrons. The lowest BCUT2D eigenvalue weighted by atomic mass is 9.97. The number of hydrogen-bond acceptors (Lipinski definition) is 3. The van der Waals surface area contributed by atoms with Gasteiger partial charge in [0, 0.05) is 30.8 Å². The quantitative estimate of drug-likeness (QED) is 0.287. The molecule has 0 heterocycles. The predicted octanol–water partition coefficient (Wildman–Crippen LogP) is 6.60. The average molecular weight is 424 g/mol. The van der Waals surface area contributed by atoms with Crippen molar-refractivity contribution in [1.82, 2.24) is 4.90 Å². The summed E-state index contributed by atoms with van der Waals surface area (Å²) < 4.78 is 30.9. The van der Waals surface area contributed by atoms with Gasteiger partial charge in [-0.3, -0.25) is 15.0 Å². The van der Waals surface area contributed by atoms with Crippen LogP contribution in [0.1, 0.15) is 42.9 Å². The summed E-state index contributed by atoms with van der Waals surface area (Å²) >= 11 is 0. The van der Waals surface area contributed by atoms with Crippen LogP contribution >= 0.6 is 0 Å². The molecule has 0 aliphatic heterocycles. The van der Waals surface area contributed by atoms with E-state index in [4.69, 9.17) is 0 Å². The molecular weight excluding hydrogens is 398 g/mol. The Morgan fingerprint density at radius 2 is 1.29 bits per heavy atom. The molecule has 0 aliphatic carbocycles. The van der Waals surface area contributed by atoms with Crippen molar-refractivity contribution in [3.63, 3.8) is 0 Å². The number of halogens is 2. The van der Waals surface area contributed by atoms with Crippen molar-refractivity contribution in [3.8, 4) is 0 Å². The third kappa shape index (κ3) is 5.52. The van der Waals surface area contributed by atoms with Crippen molar-refractivity contribution in [2.24, 2.45) is 0 Å². The SMILES string of the molecule is CC(C(F)c1ccccc1)N(Cc1cccc([N+](=O)[O-])c1)C(C)C(F)c1ccccc1. The van der Waals surface area contributed by atoms with Crippen LogP contribution in [0.2, 0.25) is 0 Å². The van der Waals surface area contributed by atoms with Gasteiger partial charge in [-0.15, -0.1) is 0 Å². The summed E-state index contributed by atoms with van der Waals surface area (Å²) in [7, 11) is 0. The number of rotatable bonds is 9. The molecule has 0 bridgehead atoms. The second-order valence-corrected chi connectivity index (χ2v) is 7.71. The zero-order valence-electron chi connectivity index (χ0n) is 17.6. The number of hydrogen-bond donors (Lipinski definition) is 0. The number of nitro groups is 1. The van der Waals surface area contributed by atoms with Crippen molar-refractivity contribution in [1.29, 1.82) is 0 Å². The summed E-state index contributed by atoms with van der Waals surface area (Å²) in [6.45, 7) is 3.64. The maximum atomic E-state index is 15.4. The van der Waals surface area contributed by atoms with Gasteiger partial charge < -0.3 is 0 Å². The van der Waals surface area contributed by atoms with Gasteiger partial charge in [-0.2, -0.15) is 0 Å². The van der Waals surface area contributed by atoms with Crippen molar-refractivity contribution in [3.05, 3.63) is 112 Å². The van der Waals surface area contributed by atoms with Crippen LogP contribution in [0.5, 0.6) is 0 Å². The van der Waals surface area contributed by atoms with E-state index in [1.54, 1.807) is 79.4 Å². The highest BCUT2D eigenvalue weighted by Gasteiger charge is 2.33. The zero-order chi connectivity index (χ0) is 22.4. The zero-order valence-corrected chi connectivity index (χ0v) is 17.6. The van der Waals surface area contributed by atoms with Crippen LogP contribution in [0.15, 0.2) is 84.9 Å². The largest absolute Gasteiger partial charge is 0.287 e. The van der Waals surface area contributed by atoms with Gasteiger partial charge in [0.25, 0.3) is 5.69 Å². The average Bonchev–Trinajstić information content (AvgIpc) is 2.82. The number of nitro benzene ring substituents is 1. The molecule has 3 rings (SSSR count). The molecule has 0 aromatic heterocycles. The van der Waals surface area contributed by atoms with Crippen LogP contribution in [0.25, 0.3) is 0 Å². The van der Waals surface area contributed by atoms with E-state index in [-0.39, 0.29) is 12.2 Å². The normalized spacial score (nSPS) is 15.3. The van der Waals surface area contributed by atoms with Gasteiger partial charge in [-0.1, -0.05) is 72.8 Å². The smallest absolute Gasteiger partial charge is 0.269 e. The molecule has 3 aromatic rings. The minimum atomic E-state index is -1.34. The maximum absolute atomic E-state index is 15.4. The van der Waals surface area contributed by atoms with Gasteiger partial charge in [0.15, 0.2) is 0 Å². The first-order valence-corrected chi connectivity index (χ1v) is 10.3. The summed E-state index contributed by atoms with van der Waals surface area (Å²) in [5, 5.41) is 11.2. The molecule has 0 fully saturated rings. The molecule has 6 heteroatoms. The Labute approximate surface area is 181 Å². The molecule has 0 saturated heterocycles. The van der Waals surface area contributed by atoms with E-state index in [9.17, 15) is 10.1 Å². The summed E-state index contributed by atoms with van der Waals surface area (Å²) in [4.78, 5) is 12.4. The molecule has 3 aromatic carbocycles. The van der Waals surface area contributed by atoms with Crippen molar-refractivity contribution >= 4 is 5.69 Å². The van der Waals surface area contributed by atoms with E-state index < -0.39 is 29.4 Å². The van der Waals surface area contributed by atoms with E-state index in [1.165, 1.54) is 12.1 Å². The van der Waals surface area contributed by atoms with Crippen molar-refractivity contribution in [2.45, 2.75) is 44.8 Å². The molecule has 4 atom stereocenters. The molecule has 0 aliphatic rings. The predicted molar refractivity (Wildman–Crippen MR) is 118 cm³/mol. The Morgan fingerprint density at radius 3 is 1.74 bits per heavy atom. The number of non-ortho nitro benzene ring substituents is 1.